The predicted octanol–water partition coefficient (Wildman–Crippen LogP) is 3.90. The van der Waals surface area contributed by atoms with Gasteiger partial charge in [-0.3, -0.25) is 0 Å². The van der Waals surface area contributed by atoms with Crippen LogP contribution in [-0.4, -0.2) is 13.1 Å². The molecule has 0 heterocycles. The van der Waals surface area contributed by atoms with E-state index in [1.807, 2.05) is 0 Å². The van der Waals surface area contributed by atoms with Crippen LogP contribution in [0.5, 0.6) is 0 Å². The summed E-state index contributed by atoms with van der Waals surface area (Å²) in [5, 5.41) is 3.62. The third-order valence-corrected chi connectivity index (χ3v) is 4.82. The number of rotatable bonds is 4. The van der Waals surface area contributed by atoms with Crippen LogP contribution in [0.25, 0.3) is 0 Å². The lowest BCUT2D eigenvalue weighted by molar-refractivity contribution is 0.249. The Balaban J connectivity index is 2.15. The zero-order chi connectivity index (χ0) is 11.4. The van der Waals surface area contributed by atoms with Gasteiger partial charge in [0.25, 0.3) is 0 Å². The van der Waals surface area contributed by atoms with Crippen LogP contribution in [0.15, 0.2) is 11.6 Å². The molecule has 1 fully saturated rings. The molecule has 0 amide bonds. The van der Waals surface area contributed by atoms with Crippen molar-refractivity contribution in [1.29, 1.82) is 0 Å². The van der Waals surface area contributed by atoms with E-state index in [1.165, 1.54) is 51.5 Å². The van der Waals surface area contributed by atoms with Crippen molar-refractivity contribution in [3.63, 3.8) is 0 Å². The highest BCUT2D eigenvalue weighted by atomic mass is 14.9. The first-order valence-electron chi connectivity index (χ1n) is 7.20. The van der Waals surface area contributed by atoms with Gasteiger partial charge in [-0.1, -0.05) is 31.9 Å². The van der Waals surface area contributed by atoms with Gasteiger partial charge in [0.15, 0.2) is 0 Å². The Morgan fingerprint density at radius 3 is 2.81 bits per heavy atom. The molecular weight excluding hydrogens is 194 g/mol. The Labute approximate surface area is 101 Å². The smallest absolute Gasteiger partial charge is 0.00622 e. The Kier molecular flexibility index (Phi) is 4.07. The average molecular weight is 221 g/mol. The predicted molar refractivity (Wildman–Crippen MR) is 70.5 cm³/mol. The SMILES string of the molecule is CCNCC1(C2=CCCCC2)CCCC1C. The van der Waals surface area contributed by atoms with Crippen molar-refractivity contribution in [1.82, 2.24) is 5.32 Å². The van der Waals surface area contributed by atoms with Crippen LogP contribution in [0.2, 0.25) is 0 Å². The molecule has 1 N–H and O–H groups in total. The van der Waals surface area contributed by atoms with E-state index < -0.39 is 0 Å². The number of allylic oxidation sites excluding steroid dienone is 1. The maximum Gasteiger partial charge on any atom is 0.00622 e. The second-order valence-corrected chi connectivity index (χ2v) is 5.70. The molecule has 0 aromatic heterocycles. The highest BCUT2D eigenvalue weighted by Gasteiger charge is 2.42. The molecule has 2 atom stereocenters. The summed E-state index contributed by atoms with van der Waals surface area (Å²) < 4.78 is 0. The molecule has 2 aliphatic rings. The van der Waals surface area contributed by atoms with Gasteiger partial charge in [-0.2, -0.15) is 0 Å². The van der Waals surface area contributed by atoms with E-state index >= 15 is 0 Å². The van der Waals surface area contributed by atoms with Crippen molar-refractivity contribution in [2.24, 2.45) is 11.3 Å². The minimum Gasteiger partial charge on any atom is -0.316 e. The third-order valence-electron chi connectivity index (χ3n) is 4.82. The summed E-state index contributed by atoms with van der Waals surface area (Å²) in [6.45, 7) is 7.03. The van der Waals surface area contributed by atoms with Crippen LogP contribution in [0.3, 0.4) is 0 Å². The van der Waals surface area contributed by atoms with E-state index in [0.717, 1.165) is 12.5 Å². The van der Waals surface area contributed by atoms with Gasteiger partial charge in [-0.15, -0.1) is 0 Å². The van der Waals surface area contributed by atoms with Crippen molar-refractivity contribution >= 4 is 0 Å². The van der Waals surface area contributed by atoms with Crippen molar-refractivity contribution in [3.8, 4) is 0 Å². The zero-order valence-electron chi connectivity index (χ0n) is 11.0. The molecule has 1 nitrogen and oxygen atoms in total. The van der Waals surface area contributed by atoms with Crippen LogP contribution in [0.1, 0.15) is 58.8 Å². The highest BCUT2D eigenvalue weighted by molar-refractivity contribution is 5.20. The fourth-order valence-corrected chi connectivity index (χ4v) is 3.74. The van der Waals surface area contributed by atoms with Crippen molar-refractivity contribution in [2.75, 3.05) is 13.1 Å². The molecule has 0 radical (unpaired) electrons. The van der Waals surface area contributed by atoms with Gasteiger partial charge >= 0.3 is 0 Å². The monoisotopic (exact) mass is 221 g/mol. The second-order valence-electron chi connectivity index (χ2n) is 5.70. The van der Waals surface area contributed by atoms with Crippen molar-refractivity contribution < 1.29 is 0 Å². The summed E-state index contributed by atoms with van der Waals surface area (Å²) in [6, 6.07) is 0. The molecule has 0 spiro atoms. The second kappa shape index (κ2) is 5.35. The molecule has 2 rings (SSSR count). The van der Waals surface area contributed by atoms with Crippen LogP contribution in [-0.2, 0) is 0 Å². The number of nitrogens with one attached hydrogen (secondary N) is 1. The van der Waals surface area contributed by atoms with E-state index in [-0.39, 0.29) is 0 Å². The minimum atomic E-state index is 0.524. The van der Waals surface area contributed by atoms with E-state index in [0.29, 0.717) is 5.41 Å². The molecule has 16 heavy (non-hydrogen) atoms. The van der Waals surface area contributed by atoms with E-state index in [4.69, 9.17) is 0 Å². The highest BCUT2D eigenvalue weighted by Crippen LogP contribution is 2.50. The lowest BCUT2D eigenvalue weighted by Crippen LogP contribution is -2.38. The first-order valence-corrected chi connectivity index (χ1v) is 7.20. The van der Waals surface area contributed by atoms with Crippen LogP contribution < -0.4 is 5.32 Å². The Morgan fingerprint density at radius 2 is 2.25 bits per heavy atom. The van der Waals surface area contributed by atoms with Crippen LogP contribution >= 0.6 is 0 Å². The molecular formula is C15H27N. The molecule has 2 aliphatic carbocycles. The van der Waals surface area contributed by atoms with Crippen molar-refractivity contribution in [2.45, 2.75) is 58.8 Å². The molecule has 2 unspecified atom stereocenters. The Bertz CT molecular complexity index is 256. The maximum atomic E-state index is 3.62. The lowest BCUT2D eigenvalue weighted by Gasteiger charge is -2.38. The molecule has 1 saturated carbocycles. The molecule has 1 heteroatoms. The molecule has 0 aromatic carbocycles. The van der Waals surface area contributed by atoms with Gasteiger partial charge in [0.05, 0.1) is 0 Å². The minimum absolute atomic E-state index is 0.524. The molecule has 0 bridgehead atoms. The molecule has 0 aliphatic heterocycles. The number of hydrogen-bond acceptors (Lipinski definition) is 1. The summed E-state index contributed by atoms with van der Waals surface area (Å²) >= 11 is 0. The van der Waals surface area contributed by atoms with Gasteiger partial charge in [-0.25, -0.2) is 0 Å². The topological polar surface area (TPSA) is 12.0 Å². The van der Waals surface area contributed by atoms with Crippen LogP contribution in [0.4, 0.5) is 0 Å². The molecule has 92 valence electrons. The summed E-state index contributed by atoms with van der Waals surface area (Å²) in [6.07, 6.45) is 12.4. The van der Waals surface area contributed by atoms with Gasteiger partial charge < -0.3 is 5.32 Å². The zero-order valence-corrected chi connectivity index (χ0v) is 11.0. The largest absolute Gasteiger partial charge is 0.316 e. The summed E-state index contributed by atoms with van der Waals surface area (Å²) in [7, 11) is 0. The van der Waals surface area contributed by atoms with E-state index in [2.05, 4.69) is 25.2 Å². The van der Waals surface area contributed by atoms with Gasteiger partial charge in [0, 0.05) is 12.0 Å². The maximum absolute atomic E-state index is 3.62. The normalized spacial score (nSPS) is 35.1. The Hall–Kier alpha value is -0.300. The summed E-state index contributed by atoms with van der Waals surface area (Å²) in [4.78, 5) is 0. The van der Waals surface area contributed by atoms with Gasteiger partial charge in [0.2, 0.25) is 0 Å². The number of hydrogen-bond donors (Lipinski definition) is 1. The Morgan fingerprint density at radius 1 is 1.38 bits per heavy atom. The lowest BCUT2D eigenvalue weighted by atomic mass is 9.69. The van der Waals surface area contributed by atoms with Gasteiger partial charge in [-0.05, 0) is 51.0 Å². The van der Waals surface area contributed by atoms with E-state index in [1.54, 1.807) is 5.57 Å². The van der Waals surface area contributed by atoms with E-state index in [9.17, 15) is 0 Å². The summed E-state index contributed by atoms with van der Waals surface area (Å²) in [5.74, 6) is 0.885. The molecule has 0 aromatic rings. The summed E-state index contributed by atoms with van der Waals surface area (Å²) in [5.41, 5.74) is 2.32. The third kappa shape index (κ3) is 2.20. The first-order chi connectivity index (χ1) is 7.79. The van der Waals surface area contributed by atoms with Crippen molar-refractivity contribution in [3.05, 3.63) is 11.6 Å². The average Bonchev–Trinajstić information content (AvgIpc) is 2.70. The fourth-order valence-electron chi connectivity index (χ4n) is 3.74. The molecule has 0 saturated heterocycles. The first kappa shape index (κ1) is 12.2. The quantitative estimate of drug-likeness (QED) is 0.710. The standard InChI is InChI=1S/C15H27N/c1-3-16-12-15(11-7-8-13(15)2)14-9-5-4-6-10-14/h9,13,16H,3-8,10-12H2,1-2H3. The van der Waals surface area contributed by atoms with Crippen LogP contribution in [0, 0.1) is 11.3 Å². The fraction of sp³-hybridized carbons (Fsp3) is 0.867. The van der Waals surface area contributed by atoms with Gasteiger partial charge in [0.1, 0.15) is 0 Å².